The molecule has 7 heavy (non-hydrogen) atoms. The Morgan fingerprint density at radius 3 is 2.29 bits per heavy atom. The summed E-state index contributed by atoms with van der Waals surface area (Å²) in [6, 6.07) is 0. The van der Waals surface area contributed by atoms with Gasteiger partial charge in [-0.05, 0) is 6.92 Å². The average Bonchev–Trinajstić information content (AvgIpc) is 1.35. The largest absolute Gasteiger partial charge is 3.00 e. The summed E-state index contributed by atoms with van der Waals surface area (Å²) in [5.41, 5.74) is 0. The molecule has 0 bridgehead atoms. The summed E-state index contributed by atoms with van der Waals surface area (Å²) in [4.78, 5) is 12.9. The second-order valence-electron chi connectivity index (χ2n) is 0.641. The Bertz CT molecular complexity index is 56.9. The van der Waals surface area contributed by atoms with Gasteiger partial charge in [-0.1, -0.05) is 0 Å². The Labute approximate surface area is 51.4 Å². The molecule has 0 aliphatic rings. The Morgan fingerprint density at radius 1 is 1.86 bits per heavy atom. The summed E-state index contributed by atoms with van der Waals surface area (Å²) >= 11 is 0. The van der Waals surface area contributed by atoms with Crippen molar-refractivity contribution in [1.29, 1.82) is 0 Å². The third kappa shape index (κ3) is 10.7. The van der Waals surface area contributed by atoms with Crippen LogP contribution in [0.15, 0.2) is 0 Å². The molecule has 0 aromatic rings. The summed E-state index contributed by atoms with van der Waals surface area (Å²) in [7, 11) is 0. The molecule has 0 heterocycles. The van der Waals surface area contributed by atoms with Crippen LogP contribution in [0.5, 0.6) is 0 Å². The van der Waals surface area contributed by atoms with Gasteiger partial charge in [-0.15, -0.1) is 10.1 Å². The Balaban J connectivity index is 0. The second kappa shape index (κ2) is 5.72. The van der Waals surface area contributed by atoms with Gasteiger partial charge in [0, 0.05) is 0 Å². The summed E-state index contributed by atoms with van der Waals surface area (Å²) in [6.45, 7) is 1.69. The van der Waals surface area contributed by atoms with Gasteiger partial charge in [0.1, 0.15) is 0 Å². The zero-order chi connectivity index (χ0) is 4.99. The fraction of sp³-hybridized carbons (Fsp3) is 1.00. The van der Waals surface area contributed by atoms with Crippen molar-refractivity contribution in [2.45, 2.75) is 6.92 Å². The van der Waals surface area contributed by atoms with Crippen LogP contribution in [0.2, 0.25) is 0 Å². The number of nitrogens with zero attached hydrogens (tertiary/aromatic N) is 1. The van der Waals surface area contributed by atoms with Gasteiger partial charge in [0.15, 0.2) is 0 Å². The molecule has 0 aliphatic carbocycles. The van der Waals surface area contributed by atoms with Crippen LogP contribution in [0, 0.1) is 10.1 Å². The molecule has 41 valence electrons. The van der Waals surface area contributed by atoms with E-state index in [0.29, 0.717) is 0 Å². The van der Waals surface area contributed by atoms with E-state index in [1.807, 2.05) is 0 Å². The molecule has 5 heteroatoms. The van der Waals surface area contributed by atoms with Gasteiger partial charge in [-0.25, -0.2) is 0 Å². The number of rotatable bonds is 2. The summed E-state index contributed by atoms with van der Waals surface area (Å²) in [5.74, 6) is 0. The average molecular weight is 147 g/mol. The van der Waals surface area contributed by atoms with Crippen LogP contribution in [-0.2, 0) is 21.9 Å². The van der Waals surface area contributed by atoms with Crippen LogP contribution >= 0.6 is 0 Å². The van der Waals surface area contributed by atoms with Crippen LogP contribution in [-0.4, -0.2) is 11.7 Å². The molecule has 0 spiro atoms. The number of hydrogen-bond donors (Lipinski definition) is 0. The quantitative estimate of drug-likeness (QED) is 0.318. The normalized spacial score (nSPS) is 6.43. The van der Waals surface area contributed by atoms with Gasteiger partial charge in [-0.2, -0.15) is 0 Å². The van der Waals surface area contributed by atoms with Crippen molar-refractivity contribution in [3.8, 4) is 0 Å². The molecule has 0 fully saturated rings. The van der Waals surface area contributed by atoms with E-state index in [1.165, 1.54) is 0 Å². The predicted molar refractivity (Wildman–Crippen MR) is 18.6 cm³/mol. The molecule has 0 saturated heterocycles. The van der Waals surface area contributed by atoms with Crippen molar-refractivity contribution in [3.05, 3.63) is 10.1 Å². The van der Waals surface area contributed by atoms with Crippen LogP contribution < -0.4 is 0 Å². The fourth-order valence-electron chi connectivity index (χ4n) is 0.105. The van der Waals surface area contributed by atoms with Gasteiger partial charge in [0.25, 0.3) is 5.09 Å². The molecule has 0 rings (SSSR count). The standard InChI is InChI=1S/C2H5NO3.Fe/c1-2-6-3(4)5;/h2H2,1H3;/q;+3. The van der Waals surface area contributed by atoms with Crippen molar-refractivity contribution in [3.63, 3.8) is 0 Å². The van der Waals surface area contributed by atoms with E-state index >= 15 is 0 Å². The molecule has 0 atom stereocenters. The maximum atomic E-state index is 9.18. The van der Waals surface area contributed by atoms with Gasteiger partial charge in [0.05, 0.1) is 6.61 Å². The van der Waals surface area contributed by atoms with E-state index in [0.717, 1.165) is 0 Å². The van der Waals surface area contributed by atoms with E-state index in [-0.39, 0.29) is 23.7 Å². The third-order valence-corrected chi connectivity index (χ3v) is 0.235. The minimum atomic E-state index is -0.819. The first-order valence-corrected chi connectivity index (χ1v) is 1.54. The Kier molecular flexibility index (Phi) is 8.06. The van der Waals surface area contributed by atoms with E-state index < -0.39 is 5.09 Å². The maximum Gasteiger partial charge on any atom is 3.00 e. The Hall–Kier alpha value is -0.281. The van der Waals surface area contributed by atoms with E-state index in [9.17, 15) is 10.1 Å². The van der Waals surface area contributed by atoms with Crippen molar-refractivity contribution >= 4 is 0 Å². The van der Waals surface area contributed by atoms with Crippen LogP contribution in [0.1, 0.15) is 6.92 Å². The molecule has 0 saturated carbocycles. The SMILES string of the molecule is CCO[N+](=O)[O-].[Fe+3]. The van der Waals surface area contributed by atoms with Gasteiger partial charge in [0.2, 0.25) is 0 Å². The Morgan fingerprint density at radius 2 is 2.29 bits per heavy atom. The molecule has 0 unspecified atom stereocenters. The van der Waals surface area contributed by atoms with Crippen molar-refractivity contribution in [1.82, 2.24) is 0 Å². The summed E-state index contributed by atoms with van der Waals surface area (Å²) in [5, 5.41) is 8.36. The smallest absolute Gasteiger partial charge is 0.314 e. The molecule has 0 aromatic carbocycles. The molecule has 0 aromatic heterocycles. The molecule has 4 nitrogen and oxygen atoms in total. The first kappa shape index (κ1) is 9.87. The summed E-state index contributed by atoms with van der Waals surface area (Å²) < 4.78 is 0. The van der Waals surface area contributed by atoms with Crippen LogP contribution in [0.4, 0.5) is 0 Å². The molecule has 0 aliphatic heterocycles. The van der Waals surface area contributed by atoms with Gasteiger partial charge in [-0.3, -0.25) is 0 Å². The van der Waals surface area contributed by atoms with Crippen LogP contribution in [0.25, 0.3) is 0 Å². The maximum absolute atomic E-state index is 9.18. The zero-order valence-corrected chi connectivity index (χ0v) is 4.84. The first-order valence-electron chi connectivity index (χ1n) is 1.54. The molecule has 1 radical (unpaired) electrons. The van der Waals surface area contributed by atoms with Crippen LogP contribution in [0.3, 0.4) is 0 Å². The van der Waals surface area contributed by atoms with Crippen molar-refractivity contribution < 1.29 is 27.0 Å². The molecule has 0 N–H and O–H groups in total. The van der Waals surface area contributed by atoms with E-state index in [4.69, 9.17) is 0 Å². The molecular formula is C2H5FeNO3+3. The zero-order valence-electron chi connectivity index (χ0n) is 3.73. The molecular weight excluding hydrogens is 142 g/mol. The second-order valence-corrected chi connectivity index (χ2v) is 0.641. The third-order valence-electron chi connectivity index (χ3n) is 0.235. The first-order chi connectivity index (χ1) is 2.77. The predicted octanol–water partition coefficient (Wildman–Crippen LogP) is 0.212. The van der Waals surface area contributed by atoms with Gasteiger partial charge >= 0.3 is 17.1 Å². The monoisotopic (exact) mass is 147 g/mol. The van der Waals surface area contributed by atoms with Crippen molar-refractivity contribution in [2.24, 2.45) is 0 Å². The van der Waals surface area contributed by atoms with Gasteiger partial charge < -0.3 is 4.84 Å². The fourth-order valence-corrected chi connectivity index (χ4v) is 0.105. The van der Waals surface area contributed by atoms with Crippen molar-refractivity contribution in [2.75, 3.05) is 6.61 Å². The minimum Gasteiger partial charge on any atom is -0.314 e. The van der Waals surface area contributed by atoms with E-state index in [2.05, 4.69) is 4.84 Å². The minimum absolute atomic E-state index is 0. The number of hydrogen-bond acceptors (Lipinski definition) is 3. The summed E-state index contributed by atoms with van der Waals surface area (Å²) in [6.07, 6.45) is 0. The topological polar surface area (TPSA) is 52.4 Å². The van der Waals surface area contributed by atoms with E-state index in [1.54, 1.807) is 6.92 Å². The molecule has 0 amide bonds.